The number of rotatable bonds is 0. The fraction of sp³-hybridized carbons (Fsp3) is 0.700. The van der Waals surface area contributed by atoms with Gasteiger partial charge in [-0.25, -0.2) is 4.79 Å². The molecule has 0 aromatic carbocycles. The van der Waals surface area contributed by atoms with E-state index in [9.17, 15) is 4.79 Å². The highest BCUT2D eigenvalue weighted by Crippen LogP contribution is 2.13. The Bertz CT molecular complexity index is 427. The molecule has 0 aliphatic carbocycles. The van der Waals surface area contributed by atoms with Crippen molar-refractivity contribution in [3.8, 4) is 0 Å². The van der Waals surface area contributed by atoms with Crippen molar-refractivity contribution in [2.75, 3.05) is 13.1 Å². The van der Waals surface area contributed by atoms with Crippen molar-refractivity contribution in [3.05, 3.63) is 11.9 Å². The maximum atomic E-state index is 12.0. The van der Waals surface area contributed by atoms with E-state index in [1.807, 2.05) is 0 Å². The van der Waals surface area contributed by atoms with E-state index in [0.29, 0.717) is 4.90 Å². The van der Waals surface area contributed by atoms with Crippen LogP contribution in [-0.2, 0) is 9.47 Å². The molecule has 1 heterocycles. The molecule has 0 saturated carbocycles. The van der Waals surface area contributed by atoms with Gasteiger partial charge in [0.05, 0.1) is 13.4 Å². The molecule has 1 amide bonds. The third-order valence-electron chi connectivity index (χ3n) is 1.21. The maximum absolute atomic E-state index is 12.0. The Hall–Kier alpha value is -1.19. The van der Waals surface area contributed by atoms with Gasteiger partial charge in [0.1, 0.15) is 17.9 Å². The Morgan fingerprint density at radius 3 is 3.00 bits per heavy atom. The molecule has 4 nitrogen and oxygen atoms in total. The summed E-state index contributed by atoms with van der Waals surface area (Å²) in [6.45, 7) is 0.457. The minimum atomic E-state index is -2.84. The number of hydrogen-bond acceptors (Lipinski definition) is 3. The van der Waals surface area contributed by atoms with Gasteiger partial charge in [-0.3, -0.25) is 4.90 Å². The molecule has 0 aromatic rings. The van der Waals surface area contributed by atoms with E-state index < -0.39 is 30.9 Å². The van der Waals surface area contributed by atoms with Crippen LogP contribution in [0.25, 0.3) is 0 Å². The number of amides is 1. The van der Waals surface area contributed by atoms with E-state index in [1.165, 1.54) is 6.92 Å². The molecule has 0 unspecified atom stereocenters. The molecule has 0 spiro atoms. The largest absolute Gasteiger partial charge is 0.495 e. The molecule has 4 heteroatoms. The second-order valence-electron chi connectivity index (χ2n) is 3.80. The first kappa shape index (κ1) is 5.63. The van der Waals surface area contributed by atoms with Gasteiger partial charge in [0.2, 0.25) is 0 Å². The summed E-state index contributed by atoms with van der Waals surface area (Å²) in [5.74, 6) is -0.189. The maximum Gasteiger partial charge on any atom is 0.414 e. The molecule has 1 rings (SSSR count). The summed E-state index contributed by atoms with van der Waals surface area (Å²) >= 11 is 0. The molecule has 0 radical (unpaired) electrons. The molecule has 0 atom stereocenters. The fourth-order valence-corrected chi connectivity index (χ4v) is 0.752. The molecule has 0 saturated heterocycles. The van der Waals surface area contributed by atoms with Crippen LogP contribution in [-0.4, -0.2) is 29.7 Å². The zero-order chi connectivity index (χ0) is 15.2. The highest BCUT2D eigenvalue weighted by atomic mass is 16.6. The standard InChI is InChI=1S/C10H17NO3/c1-8-7-11(5-6-13-8)9(12)14-10(2,3)4/h7H,5-6H2,1-4H3/i5D2,6D2,7D. The molecular weight excluding hydrogens is 182 g/mol. The lowest BCUT2D eigenvalue weighted by atomic mass is 10.2. The van der Waals surface area contributed by atoms with Gasteiger partial charge in [-0.15, -0.1) is 0 Å². The van der Waals surface area contributed by atoms with Crippen molar-refractivity contribution >= 4 is 6.09 Å². The van der Waals surface area contributed by atoms with Gasteiger partial charge in [0.25, 0.3) is 0 Å². The van der Waals surface area contributed by atoms with Gasteiger partial charge >= 0.3 is 6.09 Å². The van der Waals surface area contributed by atoms with Crippen molar-refractivity contribution in [1.82, 2.24) is 4.90 Å². The van der Waals surface area contributed by atoms with Crippen molar-refractivity contribution in [2.45, 2.75) is 33.3 Å². The number of nitrogens with zero attached hydrogens (tertiary/aromatic N) is 1. The lowest BCUT2D eigenvalue weighted by Crippen LogP contribution is -2.37. The minimum absolute atomic E-state index is 0.189. The highest BCUT2D eigenvalue weighted by molar-refractivity contribution is 5.69. The van der Waals surface area contributed by atoms with Gasteiger partial charge in [-0.2, -0.15) is 0 Å². The topological polar surface area (TPSA) is 38.8 Å². The first-order chi connectivity index (χ1) is 8.29. The van der Waals surface area contributed by atoms with Crippen LogP contribution in [0, 0.1) is 0 Å². The fourth-order valence-electron chi connectivity index (χ4n) is 0.752. The number of hydrogen-bond donors (Lipinski definition) is 0. The number of allylic oxidation sites excluding steroid dienone is 1. The van der Waals surface area contributed by atoms with Crippen molar-refractivity contribution in [3.63, 3.8) is 0 Å². The summed E-state index contributed by atoms with van der Waals surface area (Å²) in [7, 11) is 0. The lowest BCUT2D eigenvalue weighted by molar-refractivity contribution is 0.0247. The zero-order valence-electron chi connectivity index (χ0n) is 13.7. The molecule has 14 heavy (non-hydrogen) atoms. The van der Waals surface area contributed by atoms with Gasteiger partial charge in [0.15, 0.2) is 0 Å². The summed E-state index contributed by atoms with van der Waals surface area (Å²) in [4.78, 5) is 12.3. The predicted molar refractivity (Wildman–Crippen MR) is 52.6 cm³/mol. The summed E-state index contributed by atoms with van der Waals surface area (Å²) in [6.07, 6.45) is -1.69. The van der Waals surface area contributed by atoms with Crippen molar-refractivity contribution < 1.29 is 21.1 Å². The second kappa shape index (κ2) is 3.90. The van der Waals surface area contributed by atoms with Crippen molar-refractivity contribution in [2.24, 2.45) is 0 Å². The normalized spacial score (nSPS) is 30.3. The average Bonchev–Trinajstić information content (AvgIpc) is 2.11. The van der Waals surface area contributed by atoms with Gasteiger partial charge in [0, 0.05) is 6.18 Å². The third-order valence-corrected chi connectivity index (χ3v) is 1.21. The molecule has 0 bridgehead atoms. The summed E-state index contributed by atoms with van der Waals surface area (Å²) in [6, 6.07) is 0. The lowest BCUT2D eigenvalue weighted by Gasteiger charge is -2.27. The average molecular weight is 204 g/mol. The Morgan fingerprint density at radius 1 is 1.79 bits per heavy atom. The van der Waals surface area contributed by atoms with Gasteiger partial charge in [-0.05, 0) is 27.7 Å². The van der Waals surface area contributed by atoms with Crippen LogP contribution >= 0.6 is 0 Å². The van der Waals surface area contributed by atoms with E-state index in [2.05, 4.69) is 0 Å². The Labute approximate surface area is 91.5 Å². The number of carbonyl (C=O) groups excluding carboxylic acids is 1. The van der Waals surface area contributed by atoms with Crippen LogP contribution in [0.3, 0.4) is 0 Å². The van der Waals surface area contributed by atoms with Crippen LogP contribution in [0.2, 0.25) is 0 Å². The Balaban J connectivity index is 3.22. The Kier molecular flexibility index (Phi) is 1.57. The quantitative estimate of drug-likeness (QED) is 0.606. The van der Waals surface area contributed by atoms with Gasteiger partial charge in [-0.1, -0.05) is 0 Å². The van der Waals surface area contributed by atoms with Crippen LogP contribution in [0.5, 0.6) is 0 Å². The number of carbonyl (C=O) groups is 1. The van der Waals surface area contributed by atoms with Crippen LogP contribution in [0.15, 0.2) is 11.9 Å². The first-order valence-electron chi connectivity index (χ1n) is 6.69. The third kappa shape index (κ3) is 3.28. The minimum Gasteiger partial charge on any atom is -0.495 e. The highest BCUT2D eigenvalue weighted by Gasteiger charge is 2.22. The van der Waals surface area contributed by atoms with E-state index in [1.54, 1.807) is 20.8 Å². The smallest absolute Gasteiger partial charge is 0.414 e. The van der Waals surface area contributed by atoms with E-state index >= 15 is 0 Å². The van der Waals surface area contributed by atoms with E-state index in [0.717, 1.165) is 0 Å². The molecular formula is C10H17NO3. The van der Waals surface area contributed by atoms with Crippen LogP contribution < -0.4 is 0 Å². The molecule has 1 aliphatic rings. The van der Waals surface area contributed by atoms with E-state index in [-0.39, 0.29) is 5.76 Å². The zero-order valence-corrected chi connectivity index (χ0v) is 8.67. The molecule has 1 aliphatic heterocycles. The van der Waals surface area contributed by atoms with Crippen LogP contribution in [0.4, 0.5) is 4.79 Å². The summed E-state index contributed by atoms with van der Waals surface area (Å²) in [5.41, 5.74) is -0.883. The number of ether oxygens (including phenoxy) is 2. The van der Waals surface area contributed by atoms with Crippen molar-refractivity contribution in [1.29, 1.82) is 0 Å². The second-order valence-corrected chi connectivity index (χ2v) is 3.80. The molecule has 0 N–H and O–H groups in total. The predicted octanol–water partition coefficient (Wildman–Crippen LogP) is 2.12. The Morgan fingerprint density at radius 2 is 2.43 bits per heavy atom. The van der Waals surface area contributed by atoms with Gasteiger partial charge < -0.3 is 9.47 Å². The summed E-state index contributed by atoms with van der Waals surface area (Å²) in [5, 5.41) is 0. The summed E-state index contributed by atoms with van der Waals surface area (Å²) < 4.78 is 47.8. The van der Waals surface area contributed by atoms with Crippen LogP contribution in [0.1, 0.15) is 34.5 Å². The molecule has 0 aromatic heterocycles. The first-order valence-corrected chi connectivity index (χ1v) is 4.19. The SMILES string of the molecule is [2H]C1=C(C)OC([2H])([2H])C([2H])([2H])N1C(=O)OC(C)(C)C. The molecule has 0 fully saturated rings. The molecule has 80 valence electrons. The monoisotopic (exact) mass is 204 g/mol. The van der Waals surface area contributed by atoms with E-state index in [4.69, 9.17) is 16.3 Å².